The maximum absolute atomic E-state index is 7.27. The number of fused-ring (bicyclic) bond motifs is 7. The molecular formula is C54H33Cl. The minimum absolute atomic E-state index is 0.757. The third-order valence-corrected chi connectivity index (χ3v) is 11.8. The Bertz CT molecular complexity index is 3190. The molecule has 0 aliphatic heterocycles. The molecular weight excluding hydrogens is 684 g/mol. The monoisotopic (exact) mass is 716 g/mol. The van der Waals surface area contributed by atoms with Gasteiger partial charge in [0.25, 0.3) is 0 Å². The molecule has 11 aromatic rings. The van der Waals surface area contributed by atoms with Crippen molar-refractivity contribution in [2.24, 2.45) is 0 Å². The van der Waals surface area contributed by atoms with E-state index in [1.165, 1.54) is 92.8 Å². The van der Waals surface area contributed by atoms with E-state index in [1.54, 1.807) is 0 Å². The summed E-state index contributed by atoms with van der Waals surface area (Å²) >= 11 is 7.27. The SMILES string of the molecule is Clc1cc(-c2c3ccccc3c(-c3ccccc3)c3ccccc23)cc2c1ccc1cc(-c3c4ccccc4c(-c4ccccc4)c4ccccc34)ccc12. The number of hydrogen-bond donors (Lipinski definition) is 0. The second-order valence-electron chi connectivity index (χ2n) is 14.5. The molecule has 0 aromatic heterocycles. The molecule has 0 heterocycles. The highest BCUT2D eigenvalue weighted by Crippen LogP contribution is 2.47. The van der Waals surface area contributed by atoms with Crippen molar-refractivity contribution in [1.82, 2.24) is 0 Å². The molecule has 0 saturated heterocycles. The maximum atomic E-state index is 7.27. The van der Waals surface area contributed by atoms with Crippen molar-refractivity contribution in [3.05, 3.63) is 205 Å². The van der Waals surface area contributed by atoms with Gasteiger partial charge in [0.15, 0.2) is 0 Å². The summed E-state index contributed by atoms with van der Waals surface area (Å²) < 4.78 is 0. The highest BCUT2D eigenvalue weighted by Gasteiger charge is 2.20. The number of rotatable bonds is 4. The lowest BCUT2D eigenvalue weighted by Gasteiger charge is -2.19. The van der Waals surface area contributed by atoms with Crippen LogP contribution in [0.2, 0.25) is 5.02 Å². The molecule has 0 aliphatic rings. The highest BCUT2D eigenvalue weighted by molar-refractivity contribution is 6.37. The predicted molar refractivity (Wildman–Crippen MR) is 238 cm³/mol. The molecule has 0 fully saturated rings. The third kappa shape index (κ3) is 4.99. The van der Waals surface area contributed by atoms with Crippen molar-refractivity contribution in [3.8, 4) is 44.5 Å². The van der Waals surface area contributed by atoms with Gasteiger partial charge in [-0.25, -0.2) is 0 Å². The lowest BCUT2D eigenvalue weighted by molar-refractivity contribution is 1.66. The van der Waals surface area contributed by atoms with Crippen LogP contribution in [0.15, 0.2) is 200 Å². The fourth-order valence-corrected chi connectivity index (χ4v) is 9.42. The van der Waals surface area contributed by atoms with E-state index >= 15 is 0 Å². The van der Waals surface area contributed by atoms with Crippen LogP contribution in [0.5, 0.6) is 0 Å². The number of hydrogen-bond acceptors (Lipinski definition) is 0. The molecule has 0 amide bonds. The lowest BCUT2D eigenvalue weighted by Crippen LogP contribution is -1.92. The topological polar surface area (TPSA) is 0 Å². The van der Waals surface area contributed by atoms with Gasteiger partial charge in [0.1, 0.15) is 0 Å². The van der Waals surface area contributed by atoms with E-state index in [0.29, 0.717) is 0 Å². The first-order valence-electron chi connectivity index (χ1n) is 18.9. The Kier molecular flexibility index (Phi) is 7.33. The van der Waals surface area contributed by atoms with Crippen LogP contribution in [0.25, 0.3) is 109 Å². The molecule has 0 saturated carbocycles. The fraction of sp³-hybridized carbons (Fsp3) is 0. The molecule has 0 unspecified atom stereocenters. The Hall–Kier alpha value is -6.73. The summed E-state index contributed by atoms with van der Waals surface area (Å²) in [5.74, 6) is 0. The van der Waals surface area contributed by atoms with Crippen LogP contribution in [-0.4, -0.2) is 0 Å². The second-order valence-corrected chi connectivity index (χ2v) is 14.9. The van der Waals surface area contributed by atoms with Crippen LogP contribution in [0.4, 0.5) is 0 Å². The van der Waals surface area contributed by atoms with Gasteiger partial charge in [-0.1, -0.05) is 194 Å². The van der Waals surface area contributed by atoms with Gasteiger partial charge in [-0.05, 0) is 122 Å². The average molecular weight is 717 g/mol. The van der Waals surface area contributed by atoms with Gasteiger partial charge < -0.3 is 0 Å². The standard InChI is InChI=1S/C54H33Cl/c55-50-33-38(54-47-25-13-9-21-43(47)52(35-17-5-2-6-18-35)44-22-10-14-26-48(44)54)32-49-39-29-28-37(31-36(39)27-30-40(49)50)53-45-23-11-7-19-41(45)51(34-15-3-1-4-16-34)42-20-8-12-24-46(42)53/h1-33H. The Balaban J connectivity index is 1.15. The van der Waals surface area contributed by atoms with Crippen molar-refractivity contribution in [3.63, 3.8) is 0 Å². The van der Waals surface area contributed by atoms with Crippen LogP contribution in [0.3, 0.4) is 0 Å². The van der Waals surface area contributed by atoms with E-state index in [-0.39, 0.29) is 0 Å². The van der Waals surface area contributed by atoms with E-state index < -0.39 is 0 Å². The third-order valence-electron chi connectivity index (χ3n) is 11.5. The van der Waals surface area contributed by atoms with Crippen molar-refractivity contribution >= 4 is 76.2 Å². The first-order chi connectivity index (χ1) is 27.2. The van der Waals surface area contributed by atoms with Gasteiger partial charge in [0.2, 0.25) is 0 Å². The molecule has 0 atom stereocenters. The lowest BCUT2D eigenvalue weighted by atomic mass is 9.84. The van der Waals surface area contributed by atoms with Crippen LogP contribution in [-0.2, 0) is 0 Å². The Morgan fingerprint density at radius 3 is 1.02 bits per heavy atom. The quantitative estimate of drug-likeness (QED) is 0.126. The molecule has 11 aromatic carbocycles. The maximum Gasteiger partial charge on any atom is 0.0490 e. The minimum Gasteiger partial charge on any atom is -0.0836 e. The fourth-order valence-electron chi connectivity index (χ4n) is 9.14. The van der Waals surface area contributed by atoms with Crippen molar-refractivity contribution < 1.29 is 0 Å². The molecule has 256 valence electrons. The van der Waals surface area contributed by atoms with E-state index in [2.05, 4.69) is 200 Å². The summed E-state index contributed by atoms with van der Waals surface area (Å²) in [6.45, 7) is 0. The van der Waals surface area contributed by atoms with Crippen LogP contribution in [0, 0.1) is 0 Å². The molecule has 0 spiro atoms. The summed E-state index contributed by atoms with van der Waals surface area (Å²) in [6, 6.07) is 72.8. The van der Waals surface area contributed by atoms with Gasteiger partial charge in [-0.2, -0.15) is 0 Å². The Labute approximate surface area is 324 Å². The zero-order chi connectivity index (χ0) is 36.5. The van der Waals surface area contributed by atoms with Gasteiger partial charge >= 0.3 is 0 Å². The molecule has 55 heavy (non-hydrogen) atoms. The largest absolute Gasteiger partial charge is 0.0836 e. The summed E-state index contributed by atoms with van der Waals surface area (Å²) in [6.07, 6.45) is 0. The van der Waals surface area contributed by atoms with E-state index in [9.17, 15) is 0 Å². The Morgan fingerprint density at radius 1 is 0.218 bits per heavy atom. The number of benzene rings is 11. The van der Waals surface area contributed by atoms with E-state index in [4.69, 9.17) is 11.6 Å². The second kappa shape index (κ2) is 12.7. The molecule has 0 nitrogen and oxygen atoms in total. The number of halogens is 1. The van der Waals surface area contributed by atoms with Crippen molar-refractivity contribution in [1.29, 1.82) is 0 Å². The summed E-state index contributed by atoms with van der Waals surface area (Å²) in [4.78, 5) is 0. The van der Waals surface area contributed by atoms with Crippen LogP contribution in [0.1, 0.15) is 0 Å². The first kappa shape index (κ1) is 31.8. The summed E-state index contributed by atoms with van der Waals surface area (Å²) in [5.41, 5.74) is 9.78. The molecule has 0 N–H and O–H groups in total. The van der Waals surface area contributed by atoms with E-state index in [1.807, 2.05) is 0 Å². The first-order valence-corrected chi connectivity index (χ1v) is 19.3. The van der Waals surface area contributed by atoms with Gasteiger partial charge in [-0.15, -0.1) is 0 Å². The normalized spacial score (nSPS) is 11.7. The molecule has 0 aliphatic carbocycles. The smallest absolute Gasteiger partial charge is 0.0490 e. The average Bonchev–Trinajstić information content (AvgIpc) is 3.24. The molecule has 0 radical (unpaired) electrons. The summed E-state index contributed by atoms with van der Waals surface area (Å²) in [5, 5.41) is 15.3. The van der Waals surface area contributed by atoms with Crippen LogP contribution < -0.4 is 0 Å². The highest BCUT2D eigenvalue weighted by atomic mass is 35.5. The van der Waals surface area contributed by atoms with Gasteiger partial charge in [-0.3, -0.25) is 0 Å². The van der Waals surface area contributed by atoms with Gasteiger partial charge in [0.05, 0.1) is 0 Å². The predicted octanol–water partition coefficient (Wildman–Crippen LogP) is 15.9. The Morgan fingerprint density at radius 2 is 0.582 bits per heavy atom. The molecule has 11 rings (SSSR count). The molecule has 1 heteroatoms. The van der Waals surface area contributed by atoms with Crippen LogP contribution >= 0.6 is 11.6 Å². The van der Waals surface area contributed by atoms with E-state index in [0.717, 1.165) is 21.4 Å². The summed E-state index contributed by atoms with van der Waals surface area (Å²) in [7, 11) is 0. The van der Waals surface area contributed by atoms with Crippen molar-refractivity contribution in [2.75, 3.05) is 0 Å². The van der Waals surface area contributed by atoms with Crippen molar-refractivity contribution in [2.45, 2.75) is 0 Å². The molecule has 0 bridgehead atoms. The zero-order valence-electron chi connectivity index (χ0n) is 29.9. The minimum atomic E-state index is 0.757. The van der Waals surface area contributed by atoms with Gasteiger partial charge in [0, 0.05) is 10.4 Å². The zero-order valence-corrected chi connectivity index (χ0v) is 30.7.